The van der Waals surface area contributed by atoms with Crippen molar-refractivity contribution < 1.29 is 5.11 Å². The Balaban J connectivity index is 3.38. The minimum absolute atomic E-state index is 0.124. The number of benzene rings is 1. The first-order chi connectivity index (χ1) is 6.36. The molecule has 74 valence electrons. The predicted octanol–water partition coefficient (Wildman–Crippen LogP) is 3.21. The van der Waals surface area contributed by atoms with Gasteiger partial charge in [0.15, 0.2) is 0 Å². The van der Waals surface area contributed by atoms with Crippen LogP contribution in [0.1, 0.15) is 31.9 Å². The molecule has 0 unspecified atom stereocenters. The zero-order valence-corrected chi connectivity index (χ0v) is 9.18. The van der Waals surface area contributed by atoms with Gasteiger partial charge in [-0.3, -0.25) is 0 Å². The fourth-order valence-corrected chi connectivity index (χ4v) is 1.45. The van der Waals surface area contributed by atoms with Crippen molar-refractivity contribution >= 4 is 11.6 Å². The smallest absolute Gasteiger partial charge is 0.120 e. The van der Waals surface area contributed by atoms with Crippen LogP contribution in [-0.4, -0.2) is 5.11 Å². The lowest BCUT2D eigenvalue weighted by Crippen LogP contribution is -2.11. The molecule has 0 aliphatic carbocycles. The first-order valence-corrected chi connectivity index (χ1v) is 4.67. The Morgan fingerprint density at radius 1 is 1.36 bits per heavy atom. The van der Waals surface area contributed by atoms with Gasteiger partial charge < -0.3 is 5.11 Å². The minimum atomic E-state index is -0.179. The van der Waals surface area contributed by atoms with E-state index in [1.54, 1.807) is 6.07 Å². The van der Waals surface area contributed by atoms with Crippen molar-refractivity contribution in [2.75, 3.05) is 0 Å². The summed E-state index contributed by atoms with van der Waals surface area (Å²) < 4.78 is 0. The second kappa shape index (κ2) is 3.51. The molecule has 0 saturated heterocycles. The van der Waals surface area contributed by atoms with Gasteiger partial charge in [-0.05, 0) is 17.5 Å². The number of phenols is 1. The third-order valence-corrected chi connectivity index (χ3v) is 2.33. The van der Waals surface area contributed by atoms with E-state index in [0.717, 1.165) is 5.56 Å². The molecule has 0 atom stereocenters. The van der Waals surface area contributed by atoms with Crippen molar-refractivity contribution in [2.24, 2.45) is 0 Å². The summed E-state index contributed by atoms with van der Waals surface area (Å²) in [5.74, 6) is 0.124. The lowest BCUT2D eigenvalue weighted by atomic mass is 9.86. The van der Waals surface area contributed by atoms with Gasteiger partial charge in [0.2, 0.25) is 0 Å². The van der Waals surface area contributed by atoms with E-state index in [4.69, 9.17) is 16.9 Å². The molecule has 0 aliphatic rings. The molecule has 0 aliphatic heterocycles. The fraction of sp³-hybridized carbons (Fsp3) is 0.364. The standard InChI is InChI=1S/C11H12ClNO/c1-11(2,3)8-5-9(12)7(6-13)4-10(8)14/h4-5,14H,1-3H3. The number of rotatable bonds is 0. The van der Waals surface area contributed by atoms with Crippen LogP contribution in [0.5, 0.6) is 5.75 Å². The van der Waals surface area contributed by atoms with Crippen molar-refractivity contribution in [3.63, 3.8) is 0 Å². The Bertz CT molecular complexity index is 399. The number of nitrogens with zero attached hydrogens (tertiary/aromatic N) is 1. The molecule has 0 fully saturated rings. The average molecular weight is 210 g/mol. The molecule has 1 aromatic carbocycles. The fourth-order valence-electron chi connectivity index (χ4n) is 1.25. The highest BCUT2D eigenvalue weighted by atomic mass is 35.5. The van der Waals surface area contributed by atoms with Crippen molar-refractivity contribution in [1.29, 1.82) is 5.26 Å². The second-order valence-corrected chi connectivity index (χ2v) is 4.62. The van der Waals surface area contributed by atoms with Crippen LogP contribution in [0.4, 0.5) is 0 Å². The van der Waals surface area contributed by atoms with Gasteiger partial charge in [-0.15, -0.1) is 0 Å². The molecule has 2 nitrogen and oxygen atoms in total. The monoisotopic (exact) mass is 209 g/mol. The number of hydrogen-bond acceptors (Lipinski definition) is 2. The van der Waals surface area contributed by atoms with Gasteiger partial charge in [0.05, 0.1) is 10.6 Å². The number of aromatic hydroxyl groups is 1. The van der Waals surface area contributed by atoms with Gasteiger partial charge in [0, 0.05) is 5.56 Å². The number of hydrogen-bond donors (Lipinski definition) is 1. The topological polar surface area (TPSA) is 44.0 Å². The molecule has 1 rings (SSSR count). The highest BCUT2D eigenvalue weighted by Gasteiger charge is 2.19. The Morgan fingerprint density at radius 2 is 1.93 bits per heavy atom. The summed E-state index contributed by atoms with van der Waals surface area (Å²) in [7, 11) is 0. The quantitative estimate of drug-likeness (QED) is 0.713. The van der Waals surface area contributed by atoms with Gasteiger partial charge in [-0.1, -0.05) is 32.4 Å². The predicted molar refractivity (Wildman–Crippen MR) is 56.5 cm³/mol. The van der Waals surface area contributed by atoms with Crippen LogP contribution < -0.4 is 0 Å². The van der Waals surface area contributed by atoms with E-state index in [-0.39, 0.29) is 11.2 Å². The van der Waals surface area contributed by atoms with Gasteiger partial charge in [-0.25, -0.2) is 0 Å². The molecule has 0 aromatic heterocycles. The molecule has 0 amide bonds. The summed E-state index contributed by atoms with van der Waals surface area (Å²) in [6.45, 7) is 5.93. The highest BCUT2D eigenvalue weighted by Crippen LogP contribution is 2.34. The number of halogens is 1. The van der Waals surface area contributed by atoms with Crippen LogP contribution in [0.2, 0.25) is 5.02 Å². The van der Waals surface area contributed by atoms with Crippen LogP contribution in [0.15, 0.2) is 12.1 Å². The normalized spacial score (nSPS) is 11.1. The largest absolute Gasteiger partial charge is 0.508 e. The maximum Gasteiger partial charge on any atom is 0.120 e. The molecule has 1 aromatic rings. The summed E-state index contributed by atoms with van der Waals surface area (Å²) in [5, 5.41) is 18.7. The van der Waals surface area contributed by atoms with Crippen molar-refractivity contribution in [3.8, 4) is 11.8 Å². The summed E-state index contributed by atoms with van der Waals surface area (Å²) in [5.41, 5.74) is 0.875. The van der Waals surface area contributed by atoms with E-state index in [1.165, 1.54) is 6.07 Å². The summed E-state index contributed by atoms with van der Waals surface area (Å²) >= 11 is 5.87. The highest BCUT2D eigenvalue weighted by molar-refractivity contribution is 6.31. The number of phenolic OH excluding ortho intramolecular Hbond substituents is 1. The molecular formula is C11H12ClNO. The first-order valence-electron chi connectivity index (χ1n) is 4.29. The summed E-state index contributed by atoms with van der Waals surface area (Å²) in [6.07, 6.45) is 0. The average Bonchev–Trinajstić information content (AvgIpc) is 2.06. The molecule has 0 bridgehead atoms. The molecule has 14 heavy (non-hydrogen) atoms. The van der Waals surface area contributed by atoms with E-state index in [0.29, 0.717) is 10.6 Å². The van der Waals surface area contributed by atoms with E-state index in [2.05, 4.69) is 0 Å². The van der Waals surface area contributed by atoms with Crippen LogP contribution in [0, 0.1) is 11.3 Å². The van der Waals surface area contributed by atoms with E-state index < -0.39 is 0 Å². The molecule has 0 spiro atoms. The molecule has 0 heterocycles. The SMILES string of the molecule is CC(C)(C)c1cc(Cl)c(C#N)cc1O. The molecule has 0 radical (unpaired) electrons. The molecular weight excluding hydrogens is 198 g/mol. The van der Waals surface area contributed by atoms with Crippen LogP contribution in [-0.2, 0) is 5.41 Å². The Labute approximate surface area is 88.7 Å². The van der Waals surface area contributed by atoms with E-state index in [9.17, 15) is 5.11 Å². The Morgan fingerprint density at radius 3 is 2.36 bits per heavy atom. The van der Waals surface area contributed by atoms with E-state index in [1.807, 2.05) is 26.8 Å². The van der Waals surface area contributed by atoms with Gasteiger partial charge >= 0.3 is 0 Å². The van der Waals surface area contributed by atoms with Crippen molar-refractivity contribution in [3.05, 3.63) is 28.3 Å². The zero-order valence-electron chi connectivity index (χ0n) is 8.43. The minimum Gasteiger partial charge on any atom is -0.508 e. The van der Waals surface area contributed by atoms with Crippen LogP contribution in [0.25, 0.3) is 0 Å². The second-order valence-electron chi connectivity index (χ2n) is 4.21. The van der Waals surface area contributed by atoms with Gasteiger partial charge in [0.25, 0.3) is 0 Å². The number of nitriles is 1. The van der Waals surface area contributed by atoms with E-state index >= 15 is 0 Å². The van der Waals surface area contributed by atoms with Crippen LogP contribution in [0.3, 0.4) is 0 Å². The van der Waals surface area contributed by atoms with Crippen LogP contribution >= 0.6 is 11.6 Å². The van der Waals surface area contributed by atoms with Gasteiger partial charge in [0.1, 0.15) is 11.8 Å². The zero-order chi connectivity index (χ0) is 10.9. The lowest BCUT2D eigenvalue weighted by Gasteiger charge is -2.20. The first kappa shape index (κ1) is 10.9. The molecule has 1 N–H and O–H groups in total. The molecule has 3 heteroatoms. The Kier molecular flexibility index (Phi) is 2.73. The van der Waals surface area contributed by atoms with Gasteiger partial charge in [-0.2, -0.15) is 5.26 Å². The van der Waals surface area contributed by atoms with Crippen molar-refractivity contribution in [1.82, 2.24) is 0 Å². The molecule has 0 saturated carbocycles. The summed E-state index contributed by atoms with van der Waals surface area (Å²) in [6, 6.07) is 4.98. The summed E-state index contributed by atoms with van der Waals surface area (Å²) in [4.78, 5) is 0. The maximum absolute atomic E-state index is 9.67. The Hall–Kier alpha value is -1.20. The third-order valence-electron chi connectivity index (χ3n) is 2.01. The van der Waals surface area contributed by atoms with Crippen molar-refractivity contribution in [2.45, 2.75) is 26.2 Å². The maximum atomic E-state index is 9.67. The third kappa shape index (κ3) is 2.00. The lowest BCUT2D eigenvalue weighted by molar-refractivity contribution is 0.446.